The average Bonchev–Trinajstić information content (AvgIpc) is 3.21. The number of hydrogen-bond acceptors (Lipinski definition) is 6. The van der Waals surface area contributed by atoms with Crippen molar-refractivity contribution in [2.45, 2.75) is 26.2 Å². The zero-order chi connectivity index (χ0) is 18.7. The summed E-state index contributed by atoms with van der Waals surface area (Å²) < 4.78 is 6.09. The Morgan fingerprint density at radius 1 is 1.35 bits per heavy atom. The van der Waals surface area contributed by atoms with Gasteiger partial charge in [-0.15, -0.1) is 0 Å². The molecule has 0 bridgehead atoms. The van der Waals surface area contributed by atoms with E-state index in [0.717, 1.165) is 25.0 Å². The molecule has 1 atom stereocenters. The van der Waals surface area contributed by atoms with E-state index in [4.69, 9.17) is 4.74 Å². The van der Waals surface area contributed by atoms with E-state index in [9.17, 15) is 14.4 Å². The lowest BCUT2D eigenvalue weighted by Gasteiger charge is -2.15. The second kappa shape index (κ2) is 7.56. The Labute approximate surface area is 149 Å². The molecule has 2 N–H and O–H groups in total. The molecule has 2 heterocycles. The fourth-order valence-corrected chi connectivity index (χ4v) is 2.91. The van der Waals surface area contributed by atoms with Gasteiger partial charge in [-0.05, 0) is 26.2 Å². The molecule has 1 unspecified atom stereocenters. The topological polar surface area (TPSA) is 127 Å². The highest BCUT2D eigenvalue weighted by Crippen LogP contribution is 2.27. The first-order chi connectivity index (χ1) is 12.5. The fourth-order valence-electron chi connectivity index (χ4n) is 2.91. The molecule has 1 saturated carbocycles. The van der Waals surface area contributed by atoms with Crippen molar-refractivity contribution in [2.75, 3.05) is 25.6 Å². The number of fused-ring (bicyclic) bond motifs is 1. The largest absolute Gasteiger partial charge is 0.383 e. The summed E-state index contributed by atoms with van der Waals surface area (Å²) in [4.78, 5) is 44.5. The lowest BCUT2D eigenvalue weighted by atomic mass is 10.1. The second-order valence-corrected chi connectivity index (χ2v) is 6.08. The summed E-state index contributed by atoms with van der Waals surface area (Å²) in [5.41, 5.74) is 1.38. The van der Waals surface area contributed by atoms with Gasteiger partial charge in [0.05, 0.1) is 18.2 Å². The lowest BCUT2D eigenvalue weighted by molar-refractivity contribution is -0.136. The molecule has 138 valence electrons. The van der Waals surface area contributed by atoms with Crippen molar-refractivity contribution < 1.29 is 19.1 Å². The molecular weight excluding hydrogens is 340 g/mol. The van der Waals surface area contributed by atoms with Gasteiger partial charge in [-0.1, -0.05) is 0 Å². The predicted octanol–water partition coefficient (Wildman–Crippen LogP) is -0.122. The maximum atomic E-state index is 12.2. The summed E-state index contributed by atoms with van der Waals surface area (Å²) in [5, 5.41) is 9.14. The Morgan fingerprint density at radius 3 is 2.92 bits per heavy atom. The smallest absolute Gasteiger partial charge is 0.314 e. The Bertz CT molecular complexity index is 810. The van der Waals surface area contributed by atoms with E-state index in [1.807, 2.05) is 0 Å². The van der Waals surface area contributed by atoms with Gasteiger partial charge >= 0.3 is 11.8 Å². The van der Waals surface area contributed by atoms with Gasteiger partial charge in [0.1, 0.15) is 5.82 Å². The molecule has 2 aliphatic rings. The summed E-state index contributed by atoms with van der Waals surface area (Å²) in [6.45, 7) is 2.24. The Morgan fingerprint density at radius 2 is 2.15 bits per heavy atom. The summed E-state index contributed by atoms with van der Waals surface area (Å²) >= 11 is 0. The van der Waals surface area contributed by atoms with Crippen LogP contribution in [0.1, 0.15) is 25.0 Å². The zero-order valence-corrected chi connectivity index (χ0v) is 14.6. The summed E-state index contributed by atoms with van der Waals surface area (Å²) in [7, 11) is 1.50. The Hall–Kier alpha value is -2.88. The first kappa shape index (κ1) is 17.9. The molecule has 0 saturated heterocycles. The van der Waals surface area contributed by atoms with E-state index in [1.165, 1.54) is 11.8 Å². The molecule has 1 fully saturated rings. The minimum atomic E-state index is -0.851. The van der Waals surface area contributed by atoms with Gasteiger partial charge < -0.3 is 15.4 Å². The van der Waals surface area contributed by atoms with Gasteiger partial charge in [0, 0.05) is 25.4 Å². The Balaban J connectivity index is 1.78. The summed E-state index contributed by atoms with van der Waals surface area (Å²) in [6.07, 6.45) is 2.42. The molecule has 3 amide bonds. The molecule has 10 nitrogen and oxygen atoms in total. The third-order valence-electron chi connectivity index (χ3n) is 4.14. The highest BCUT2D eigenvalue weighted by atomic mass is 16.5. The SMILES string of the molecule is COCCNC(=O)C(=O)Nc1cc(C)nn1C1=NC(=O)C2CCCC2=N1. The lowest BCUT2D eigenvalue weighted by Crippen LogP contribution is -2.38. The molecule has 1 aliphatic heterocycles. The number of carbonyl (C=O) groups excluding carboxylic acids is 3. The Kier molecular flexibility index (Phi) is 5.21. The number of nitrogens with one attached hydrogen (secondary N) is 2. The van der Waals surface area contributed by atoms with E-state index >= 15 is 0 Å². The number of aryl methyl sites for hydroxylation is 1. The number of rotatable bonds is 4. The predicted molar refractivity (Wildman–Crippen MR) is 93.1 cm³/mol. The van der Waals surface area contributed by atoms with Crippen molar-refractivity contribution in [2.24, 2.45) is 15.9 Å². The molecular formula is C16H20N6O4. The molecule has 1 aromatic heterocycles. The van der Waals surface area contributed by atoms with Crippen LogP contribution in [0.4, 0.5) is 5.82 Å². The third-order valence-corrected chi connectivity index (χ3v) is 4.14. The van der Waals surface area contributed by atoms with E-state index in [0.29, 0.717) is 12.3 Å². The van der Waals surface area contributed by atoms with E-state index in [2.05, 4.69) is 25.7 Å². The number of aliphatic imine (C=N–C) groups is 2. The van der Waals surface area contributed by atoms with Crippen LogP contribution >= 0.6 is 0 Å². The van der Waals surface area contributed by atoms with Crippen molar-refractivity contribution in [1.82, 2.24) is 15.1 Å². The van der Waals surface area contributed by atoms with Crippen LogP contribution in [0.15, 0.2) is 16.1 Å². The highest BCUT2D eigenvalue weighted by Gasteiger charge is 2.33. The van der Waals surface area contributed by atoms with Crippen LogP contribution in [-0.4, -0.2) is 59.4 Å². The van der Waals surface area contributed by atoms with Gasteiger partial charge in [0.15, 0.2) is 0 Å². The van der Waals surface area contributed by atoms with Gasteiger partial charge in [-0.2, -0.15) is 14.8 Å². The van der Waals surface area contributed by atoms with Crippen LogP contribution in [0, 0.1) is 12.8 Å². The molecule has 0 aromatic carbocycles. The van der Waals surface area contributed by atoms with Crippen LogP contribution < -0.4 is 10.6 Å². The molecule has 0 spiro atoms. The normalized spacial score (nSPS) is 18.8. The summed E-state index contributed by atoms with van der Waals surface area (Å²) in [6, 6.07) is 1.58. The van der Waals surface area contributed by atoms with Crippen molar-refractivity contribution >= 4 is 35.2 Å². The van der Waals surface area contributed by atoms with E-state index < -0.39 is 11.8 Å². The number of methoxy groups -OCH3 is 1. The third kappa shape index (κ3) is 3.69. The molecule has 26 heavy (non-hydrogen) atoms. The van der Waals surface area contributed by atoms with E-state index in [1.54, 1.807) is 13.0 Å². The number of amides is 3. The zero-order valence-electron chi connectivity index (χ0n) is 14.6. The number of hydrogen-bond donors (Lipinski definition) is 2. The van der Waals surface area contributed by atoms with Crippen LogP contribution in [0.5, 0.6) is 0 Å². The number of nitrogens with zero attached hydrogens (tertiary/aromatic N) is 4. The molecule has 0 radical (unpaired) electrons. The first-order valence-corrected chi connectivity index (χ1v) is 8.34. The number of aromatic nitrogens is 2. The minimum Gasteiger partial charge on any atom is -0.383 e. The van der Waals surface area contributed by atoms with Crippen molar-refractivity contribution in [3.05, 3.63) is 11.8 Å². The highest BCUT2D eigenvalue weighted by molar-refractivity contribution is 6.39. The molecule has 3 rings (SSSR count). The maximum Gasteiger partial charge on any atom is 0.314 e. The second-order valence-electron chi connectivity index (χ2n) is 6.08. The standard InChI is InChI=1S/C16H20N6O4/c1-9-8-12(19-15(25)14(24)17-6-7-26-2)22(21-9)16-18-11-5-3-4-10(11)13(23)20-16/h8,10H,3-7H2,1-2H3,(H,17,24)(H,19,25). The van der Waals surface area contributed by atoms with Gasteiger partial charge in [0.2, 0.25) is 0 Å². The number of anilines is 1. The van der Waals surface area contributed by atoms with Crippen LogP contribution in [0.2, 0.25) is 0 Å². The quantitative estimate of drug-likeness (QED) is 0.571. The molecule has 10 heteroatoms. The molecule has 1 aromatic rings. The monoisotopic (exact) mass is 360 g/mol. The van der Waals surface area contributed by atoms with Gasteiger partial charge in [-0.25, -0.2) is 4.99 Å². The van der Waals surface area contributed by atoms with Gasteiger partial charge in [-0.3, -0.25) is 14.4 Å². The maximum absolute atomic E-state index is 12.2. The van der Waals surface area contributed by atoms with E-state index in [-0.39, 0.29) is 30.1 Å². The van der Waals surface area contributed by atoms with Gasteiger partial charge in [0.25, 0.3) is 11.9 Å². The number of carbonyl (C=O) groups is 3. The number of ether oxygens (including phenoxy) is 1. The minimum absolute atomic E-state index is 0.103. The van der Waals surface area contributed by atoms with Crippen LogP contribution in [0.25, 0.3) is 0 Å². The fraction of sp³-hybridized carbons (Fsp3) is 0.500. The van der Waals surface area contributed by atoms with Crippen LogP contribution in [0.3, 0.4) is 0 Å². The average molecular weight is 360 g/mol. The molecule has 1 aliphatic carbocycles. The summed E-state index contributed by atoms with van der Waals surface area (Å²) in [5.74, 6) is -1.80. The van der Waals surface area contributed by atoms with Crippen molar-refractivity contribution in [1.29, 1.82) is 0 Å². The first-order valence-electron chi connectivity index (χ1n) is 8.34. The van der Waals surface area contributed by atoms with Crippen molar-refractivity contribution in [3.63, 3.8) is 0 Å². The van der Waals surface area contributed by atoms with Crippen LogP contribution in [-0.2, 0) is 19.1 Å². The van der Waals surface area contributed by atoms with Crippen molar-refractivity contribution in [3.8, 4) is 0 Å².